The van der Waals surface area contributed by atoms with E-state index in [0.29, 0.717) is 11.1 Å². The van der Waals surface area contributed by atoms with Gasteiger partial charge in [0.15, 0.2) is 27.2 Å². The number of rotatable bonds is 10. The lowest BCUT2D eigenvalue weighted by atomic mass is 9.97. The normalized spacial score (nSPS) is 12.9. The number of esters is 1. The predicted octanol–water partition coefficient (Wildman–Crippen LogP) is 2.56. The molecule has 9 nitrogen and oxygen atoms in total. The summed E-state index contributed by atoms with van der Waals surface area (Å²) in [6.07, 6.45) is 0. The maximum Gasteiger partial charge on any atom is 0.321 e. The SMILES string of the molecule is Cc1cc2c(cc(C(=O)NC(CO)c3ccc(S(=O)(=O)CC(=O)OCC(C)(C)CO)cc3)n2C)c(F)c1F. The van der Waals surface area contributed by atoms with E-state index in [1.165, 1.54) is 54.9 Å². The summed E-state index contributed by atoms with van der Waals surface area (Å²) in [4.78, 5) is 24.8. The van der Waals surface area contributed by atoms with Crippen molar-refractivity contribution in [2.24, 2.45) is 12.5 Å². The molecule has 0 radical (unpaired) electrons. The van der Waals surface area contributed by atoms with Crippen molar-refractivity contribution in [3.05, 3.63) is 64.9 Å². The zero-order chi connectivity index (χ0) is 28.4. The molecule has 0 bridgehead atoms. The highest BCUT2D eigenvalue weighted by atomic mass is 32.2. The van der Waals surface area contributed by atoms with Crippen LogP contribution in [-0.2, 0) is 26.4 Å². The Kier molecular flexibility index (Phi) is 8.59. The lowest BCUT2D eigenvalue weighted by Gasteiger charge is -2.20. The zero-order valence-corrected chi connectivity index (χ0v) is 22.2. The van der Waals surface area contributed by atoms with E-state index in [0.717, 1.165) is 0 Å². The van der Waals surface area contributed by atoms with Crippen molar-refractivity contribution in [2.45, 2.75) is 31.7 Å². The van der Waals surface area contributed by atoms with Gasteiger partial charge in [-0.3, -0.25) is 9.59 Å². The molecule has 1 heterocycles. The van der Waals surface area contributed by atoms with Crippen molar-refractivity contribution in [3.63, 3.8) is 0 Å². The van der Waals surface area contributed by atoms with Crippen LogP contribution in [0.5, 0.6) is 0 Å². The molecule has 0 saturated carbocycles. The fraction of sp³-hybridized carbons (Fsp3) is 0.385. The third-order valence-electron chi connectivity index (χ3n) is 6.13. The number of hydrogen-bond donors (Lipinski definition) is 3. The minimum Gasteiger partial charge on any atom is -0.464 e. The number of ether oxygens (including phenoxy) is 1. The molecule has 12 heteroatoms. The zero-order valence-electron chi connectivity index (χ0n) is 21.4. The third-order valence-corrected chi connectivity index (χ3v) is 7.74. The Labute approximate surface area is 218 Å². The van der Waals surface area contributed by atoms with Crippen molar-refractivity contribution in [3.8, 4) is 0 Å². The summed E-state index contributed by atoms with van der Waals surface area (Å²) in [5.41, 5.74) is 0.109. The van der Waals surface area contributed by atoms with Gasteiger partial charge in [-0.05, 0) is 42.3 Å². The molecule has 0 aliphatic carbocycles. The Morgan fingerprint density at radius 3 is 2.32 bits per heavy atom. The lowest BCUT2D eigenvalue weighted by molar-refractivity contribution is -0.144. The number of aromatic nitrogens is 1. The van der Waals surface area contributed by atoms with Gasteiger partial charge in [-0.1, -0.05) is 26.0 Å². The summed E-state index contributed by atoms with van der Waals surface area (Å²) in [6.45, 7) is 3.80. The van der Waals surface area contributed by atoms with Gasteiger partial charge in [-0.25, -0.2) is 17.2 Å². The van der Waals surface area contributed by atoms with Gasteiger partial charge >= 0.3 is 5.97 Å². The van der Waals surface area contributed by atoms with E-state index in [1.54, 1.807) is 13.8 Å². The average molecular weight is 553 g/mol. The number of sulfone groups is 1. The molecule has 3 rings (SSSR count). The second-order valence-corrected chi connectivity index (χ2v) is 11.9. The number of carbonyl (C=O) groups is 2. The lowest BCUT2D eigenvalue weighted by Crippen LogP contribution is -2.32. The van der Waals surface area contributed by atoms with Crippen LogP contribution in [0.1, 0.15) is 41.5 Å². The van der Waals surface area contributed by atoms with Gasteiger partial charge in [0.1, 0.15) is 5.69 Å². The summed E-state index contributed by atoms with van der Waals surface area (Å²) in [7, 11) is -2.51. The van der Waals surface area contributed by atoms with E-state index in [4.69, 9.17) is 4.74 Å². The summed E-state index contributed by atoms with van der Waals surface area (Å²) >= 11 is 0. The Balaban J connectivity index is 1.75. The largest absolute Gasteiger partial charge is 0.464 e. The first-order valence-corrected chi connectivity index (χ1v) is 13.3. The van der Waals surface area contributed by atoms with Crippen LogP contribution in [0.3, 0.4) is 0 Å². The van der Waals surface area contributed by atoms with Crippen LogP contribution < -0.4 is 5.32 Å². The molecule has 0 saturated heterocycles. The Bertz CT molecular complexity index is 1470. The van der Waals surface area contributed by atoms with Crippen molar-refractivity contribution in [1.82, 2.24) is 9.88 Å². The fourth-order valence-electron chi connectivity index (χ4n) is 3.72. The highest BCUT2D eigenvalue weighted by Gasteiger charge is 2.25. The number of aliphatic hydroxyl groups excluding tert-OH is 2. The Morgan fingerprint density at radius 1 is 1.11 bits per heavy atom. The first kappa shape index (κ1) is 29.2. The first-order chi connectivity index (χ1) is 17.7. The van der Waals surface area contributed by atoms with Gasteiger partial charge in [0.2, 0.25) is 0 Å². The van der Waals surface area contributed by atoms with Crippen molar-refractivity contribution < 1.29 is 41.7 Å². The summed E-state index contributed by atoms with van der Waals surface area (Å²) in [5.74, 6) is -4.58. The monoisotopic (exact) mass is 552 g/mol. The molecule has 3 N–H and O–H groups in total. The molecule has 1 atom stereocenters. The van der Waals surface area contributed by atoms with E-state index in [1.807, 2.05) is 0 Å². The summed E-state index contributed by atoms with van der Waals surface area (Å²) in [5, 5.41) is 21.6. The van der Waals surface area contributed by atoms with Crippen molar-refractivity contribution in [2.75, 3.05) is 25.6 Å². The van der Waals surface area contributed by atoms with Gasteiger partial charge in [-0.2, -0.15) is 0 Å². The predicted molar refractivity (Wildman–Crippen MR) is 135 cm³/mol. The van der Waals surface area contributed by atoms with Crippen LogP contribution in [0.4, 0.5) is 8.78 Å². The molecule has 0 aliphatic rings. The Hall–Kier alpha value is -3.35. The maximum atomic E-state index is 14.4. The number of nitrogens with zero attached hydrogens (tertiary/aromatic N) is 1. The fourth-order valence-corrected chi connectivity index (χ4v) is 4.83. The molecular weight excluding hydrogens is 522 g/mol. The van der Waals surface area contributed by atoms with E-state index >= 15 is 0 Å². The smallest absolute Gasteiger partial charge is 0.321 e. The minimum absolute atomic E-state index is 0.0319. The molecule has 3 aromatic rings. The number of hydrogen-bond acceptors (Lipinski definition) is 7. The third kappa shape index (κ3) is 6.20. The number of nitrogens with one attached hydrogen (secondary N) is 1. The van der Waals surface area contributed by atoms with Crippen molar-refractivity contribution in [1.29, 1.82) is 0 Å². The van der Waals surface area contributed by atoms with Crippen LogP contribution in [0, 0.1) is 24.0 Å². The molecule has 0 aliphatic heterocycles. The number of halogens is 2. The van der Waals surface area contributed by atoms with E-state index in [2.05, 4.69) is 5.32 Å². The van der Waals surface area contributed by atoms with Crippen LogP contribution in [0.2, 0.25) is 0 Å². The number of carbonyl (C=O) groups excluding carboxylic acids is 2. The topological polar surface area (TPSA) is 135 Å². The van der Waals surface area contributed by atoms with Crippen LogP contribution >= 0.6 is 0 Å². The first-order valence-electron chi connectivity index (χ1n) is 11.7. The number of benzene rings is 2. The van der Waals surface area contributed by atoms with Crippen LogP contribution in [-0.4, -0.2) is 60.6 Å². The molecular formula is C26H30F2N2O7S. The summed E-state index contributed by atoms with van der Waals surface area (Å²) < 4.78 is 60.0. The van der Waals surface area contributed by atoms with Gasteiger partial charge < -0.3 is 24.8 Å². The molecule has 38 heavy (non-hydrogen) atoms. The highest BCUT2D eigenvalue weighted by Crippen LogP contribution is 2.27. The molecule has 0 spiro atoms. The summed E-state index contributed by atoms with van der Waals surface area (Å²) in [6, 6.07) is 6.95. The molecule has 1 aromatic heterocycles. The van der Waals surface area contributed by atoms with Crippen molar-refractivity contribution >= 4 is 32.6 Å². The molecule has 0 fully saturated rings. The average Bonchev–Trinajstić information content (AvgIpc) is 3.20. The number of amides is 1. The molecule has 2 aromatic carbocycles. The molecule has 1 amide bonds. The van der Waals surface area contributed by atoms with Crippen LogP contribution in [0.25, 0.3) is 10.9 Å². The number of aliphatic hydroxyl groups is 2. The highest BCUT2D eigenvalue weighted by molar-refractivity contribution is 7.92. The second-order valence-electron chi connectivity index (χ2n) is 9.86. The second kappa shape index (κ2) is 11.2. The van der Waals surface area contributed by atoms with Gasteiger partial charge in [0.05, 0.1) is 36.3 Å². The van der Waals surface area contributed by atoms with Gasteiger partial charge in [0, 0.05) is 17.8 Å². The number of fused-ring (bicyclic) bond motifs is 1. The Morgan fingerprint density at radius 2 is 1.74 bits per heavy atom. The van der Waals surface area contributed by atoms with E-state index < -0.39 is 57.2 Å². The van der Waals surface area contributed by atoms with E-state index in [9.17, 15) is 37.0 Å². The van der Waals surface area contributed by atoms with E-state index in [-0.39, 0.29) is 34.8 Å². The minimum atomic E-state index is -4.04. The maximum absolute atomic E-state index is 14.4. The number of aryl methyl sites for hydroxylation is 2. The van der Waals surface area contributed by atoms with Gasteiger partial charge in [-0.15, -0.1) is 0 Å². The quantitative estimate of drug-likeness (QED) is 0.329. The molecule has 206 valence electrons. The standard InChI is InChI=1S/C26H30F2N2O7S/c1-15-9-20-18(24(28)23(15)27)10-21(30(20)4)25(34)29-19(11-31)16-5-7-17(8-6-16)38(35,36)12-22(33)37-14-26(2,3)13-32/h5-10,19,31-32H,11-14H2,1-4H3,(H,29,34). The van der Waals surface area contributed by atoms with Gasteiger partial charge in [0.25, 0.3) is 5.91 Å². The van der Waals surface area contributed by atoms with Crippen LogP contribution in [0.15, 0.2) is 41.3 Å². The molecule has 1 unspecified atom stereocenters.